The summed E-state index contributed by atoms with van der Waals surface area (Å²) in [5.74, 6) is 2.53. The minimum absolute atomic E-state index is 0.0644. The van der Waals surface area contributed by atoms with Gasteiger partial charge in [0.15, 0.2) is 0 Å². The molecule has 0 spiro atoms. The standard InChI is InChI=1S/C14H20N4O2/c1-9-8-12(17-13(15-9)10-2-3-10)18-6-4-11(5-7-18)16-14(19)20/h8,10-11,16H,2-7H2,1H3,(H,19,20). The first-order valence-electron chi connectivity index (χ1n) is 7.22. The third kappa shape index (κ3) is 3.00. The summed E-state index contributed by atoms with van der Waals surface area (Å²) in [4.78, 5) is 22.1. The van der Waals surface area contributed by atoms with Crippen molar-refractivity contribution in [3.05, 3.63) is 17.6 Å². The van der Waals surface area contributed by atoms with Gasteiger partial charge >= 0.3 is 6.09 Å². The minimum Gasteiger partial charge on any atom is -0.465 e. The first-order chi connectivity index (χ1) is 9.61. The molecule has 0 radical (unpaired) electrons. The number of aromatic nitrogens is 2. The summed E-state index contributed by atoms with van der Waals surface area (Å²) in [5.41, 5.74) is 1.02. The average molecular weight is 276 g/mol. The van der Waals surface area contributed by atoms with E-state index in [4.69, 9.17) is 5.11 Å². The number of carbonyl (C=O) groups is 1. The molecule has 1 saturated heterocycles. The summed E-state index contributed by atoms with van der Waals surface area (Å²) in [6.45, 7) is 3.69. The van der Waals surface area contributed by atoms with Crippen LogP contribution >= 0.6 is 0 Å². The van der Waals surface area contributed by atoms with Crippen molar-refractivity contribution in [2.75, 3.05) is 18.0 Å². The number of rotatable bonds is 3. The van der Waals surface area contributed by atoms with Gasteiger partial charge in [0.1, 0.15) is 11.6 Å². The highest BCUT2D eigenvalue weighted by atomic mass is 16.4. The average Bonchev–Trinajstić information content (AvgIpc) is 3.22. The molecule has 2 heterocycles. The number of hydrogen-bond acceptors (Lipinski definition) is 4. The number of aryl methyl sites for hydroxylation is 1. The molecule has 0 atom stereocenters. The van der Waals surface area contributed by atoms with Crippen LogP contribution in [0.4, 0.5) is 10.6 Å². The van der Waals surface area contributed by atoms with Crippen molar-refractivity contribution >= 4 is 11.9 Å². The van der Waals surface area contributed by atoms with Crippen LogP contribution in [0.25, 0.3) is 0 Å². The number of carboxylic acid groups (broad SMARTS) is 1. The van der Waals surface area contributed by atoms with Crippen LogP contribution in [0.1, 0.15) is 43.1 Å². The molecule has 1 aliphatic carbocycles. The van der Waals surface area contributed by atoms with E-state index in [1.165, 1.54) is 12.8 Å². The van der Waals surface area contributed by atoms with E-state index in [2.05, 4.69) is 20.2 Å². The van der Waals surface area contributed by atoms with Gasteiger partial charge < -0.3 is 15.3 Å². The molecule has 3 rings (SSSR count). The fourth-order valence-corrected chi connectivity index (χ4v) is 2.69. The van der Waals surface area contributed by atoms with Crippen LogP contribution in [0.3, 0.4) is 0 Å². The SMILES string of the molecule is Cc1cc(N2CCC(NC(=O)O)CC2)nc(C2CC2)n1. The van der Waals surface area contributed by atoms with E-state index in [9.17, 15) is 4.79 Å². The summed E-state index contributed by atoms with van der Waals surface area (Å²) >= 11 is 0. The lowest BCUT2D eigenvalue weighted by molar-refractivity contribution is 0.187. The number of nitrogens with zero attached hydrogens (tertiary/aromatic N) is 3. The summed E-state index contributed by atoms with van der Waals surface area (Å²) in [7, 11) is 0. The summed E-state index contributed by atoms with van der Waals surface area (Å²) < 4.78 is 0. The van der Waals surface area contributed by atoms with E-state index in [0.717, 1.165) is 43.3 Å². The van der Waals surface area contributed by atoms with Gasteiger partial charge in [-0.05, 0) is 32.6 Å². The van der Waals surface area contributed by atoms with Gasteiger partial charge in [0.2, 0.25) is 0 Å². The van der Waals surface area contributed by atoms with Gasteiger partial charge in [-0.25, -0.2) is 14.8 Å². The van der Waals surface area contributed by atoms with Gasteiger partial charge in [0.05, 0.1) is 0 Å². The van der Waals surface area contributed by atoms with E-state index < -0.39 is 6.09 Å². The molecule has 2 aliphatic rings. The molecular formula is C14H20N4O2. The van der Waals surface area contributed by atoms with Crippen LogP contribution in [-0.2, 0) is 0 Å². The molecule has 0 bridgehead atoms. The van der Waals surface area contributed by atoms with E-state index >= 15 is 0 Å². The van der Waals surface area contributed by atoms with Crippen LogP contribution in [0, 0.1) is 6.92 Å². The fourth-order valence-electron chi connectivity index (χ4n) is 2.69. The Balaban J connectivity index is 1.67. The Morgan fingerprint density at radius 3 is 2.60 bits per heavy atom. The van der Waals surface area contributed by atoms with Gasteiger partial charge in [-0.15, -0.1) is 0 Å². The summed E-state index contributed by atoms with van der Waals surface area (Å²) in [5, 5.41) is 11.3. The van der Waals surface area contributed by atoms with Gasteiger partial charge in [-0.3, -0.25) is 0 Å². The van der Waals surface area contributed by atoms with Crippen LogP contribution in [0.15, 0.2) is 6.07 Å². The summed E-state index contributed by atoms with van der Waals surface area (Å²) in [6.07, 6.45) is 3.13. The second kappa shape index (κ2) is 5.26. The number of anilines is 1. The minimum atomic E-state index is -0.933. The van der Waals surface area contributed by atoms with E-state index in [1.54, 1.807) is 0 Å². The molecule has 1 amide bonds. The van der Waals surface area contributed by atoms with E-state index in [0.29, 0.717) is 5.92 Å². The third-order valence-corrected chi connectivity index (χ3v) is 3.95. The molecule has 0 aromatic carbocycles. The Hall–Kier alpha value is -1.85. The Labute approximate surface area is 118 Å². The van der Waals surface area contributed by atoms with E-state index in [1.807, 2.05) is 13.0 Å². The zero-order valence-electron chi connectivity index (χ0n) is 11.7. The zero-order valence-corrected chi connectivity index (χ0v) is 11.7. The van der Waals surface area contributed by atoms with Gasteiger partial charge in [-0.2, -0.15) is 0 Å². The van der Waals surface area contributed by atoms with Gasteiger partial charge in [0, 0.05) is 36.8 Å². The number of amides is 1. The molecule has 1 aliphatic heterocycles. The van der Waals surface area contributed by atoms with Gasteiger partial charge in [-0.1, -0.05) is 0 Å². The first kappa shape index (κ1) is 13.1. The normalized spacial score (nSPS) is 19.9. The fraction of sp³-hybridized carbons (Fsp3) is 0.643. The Morgan fingerprint density at radius 2 is 2.00 bits per heavy atom. The van der Waals surface area contributed by atoms with Gasteiger partial charge in [0.25, 0.3) is 0 Å². The second-order valence-electron chi connectivity index (χ2n) is 5.71. The molecule has 1 saturated carbocycles. The molecular weight excluding hydrogens is 256 g/mol. The monoisotopic (exact) mass is 276 g/mol. The molecule has 6 nitrogen and oxygen atoms in total. The van der Waals surface area contributed by atoms with Crippen LogP contribution < -0.4 is 10.2 Å². The third-order valence-electron chi connectivity index (χ3n) is 3.95. The highest BCUT2D eigenvalue weighted by molar-refractivity contribution is 5.64. The zero-order chi connectivity index (χ0) is 14.1. The topological polar surface area (TPSA) is 78.4 Å². The van der Waals surface area contributed by atoms with Crippen molar-refractivity contribution in [1.29, 1.82) is 0 Å². The lowest BCUT2D eigenvalue weighted by atomic mass is 10.1. The number of hydrogen-bond donors (Lipinski definition) is 2. The largest absolute Gasteiger partial charge is 0.465 e. The quantitative estimate of drug-likeness (QED) is 0.881. The molecule has 0 unspecified atom stereocenters. The van der Waals surface area contributed by atoms with Crippen molar-refractivity contribution in [1.82, 2.24) is 15.3 Å². The molecule has 6 heteroatoms. The van der Waals surface area contributed by atoms with Crippen molar-refractivity contribution in [3.8, 4) is 0 Å². The van der Waals surface area contributed by atoms with Crippen LogP contribution in [-0.4, -0.2) is 40.3 Å². The molecule has 2 fully saturated rings. The van der Waals surface area contributed by atoms with Crippen molar-refractivity contribution in [2.45, 2.75) is 44.6 Å². The number of nitrogens with one attached hydrogen (secondary N) is 1. The Kier molecular flexibility index (Phi) is 3.46. The predicted octanol–water partition coefficient (Wildman–Crippen LogP) is 1.90. The smallest absolute Gasteiger partial charge is 0.404 e. The number of piperidine rings is 1. The maximum atomic E-state index is 10.6. The highest BCUT2D eigenvalue weighted by Gasteiger charge is 2.28. The lowest BCUT2D eigenvalue weighted by Gasteiger charge is -2.32. The van der Waals surface area contributed by atoms with Crippen molar-refractivity contribution in [3.63, 3.8) is 0 Å². The van der Waals surface area contributed by atoms with Crippen molar-refractivity contribution in [2.24, 2.45) is 0 Å². The van der Waals surface area contributed by atoms with Crippen molar-refractivity contribution < 1.29 is 9.90 Å². The Bertz CT molecular complexity index is 508. The highest BCUT2D eigenvalue weighted by Crippen LogP contribution is 2.38. The molecule has 1 aromatic rings. The summed E-state index contributed by atoms with van der Waals surface area (Å²) in [6, 6.07) is 2.09. The molecule has 1 aromatic heterocycles. The van der Waals surface area contributed by atoms with Crippen LogP contribution in [0.2, 0.25) is 0 Å². The Morgan fingerprint density at radius 1 is 1.30 bits per heavy atom. The lowest BCUT2D eigenvalue weighted by Crippen LogP contribution is -2.44. The maximum Gasteiger partial charge on any atom is 0.404 e. The maximum absolute atomic E-state index is 10.6. The van der Waals surface area contributed by atoms with E-state index in [-0.39, 0.29) is 6.04 Å². The first-order valence-corrected chi connectivity index (χ1v) is 7.22. The predicted molar refractivity (Wildman–Crippen MR) is 75.1 cm³/mol. The molecule has 20 heavy (non-hydrogen) atoms. The van der Waals surface area contributed by atoms with Crippen LogP contribution in [0.5, 0.6) is 0 Å². The molecule has 108 valence electrons. The molecule has 2 N–H and O–H groups in total. The second-order valence-corrected chi connectivity index (χ2v) is 5.71.